The third-order valence-electron chi connectivity index (χ3n) is 3.73. The van der Waals surface area contributed by atoms with Gasteiger partial charge in [0.15, 0.2) is 0 Å². The van der Waals surface area contributed by atoms with Crippen LogP contribution in [0.3, 0.4) is 0 Å². The van der Waals surface area contributed by atoms with Gasteiger partial charge >= 0.3 is 18.0 Å². The summed E-state index contributed by atoms with van der Waals surface area (Å²) in [5, 5.41) is 10.2. The van der Waals surface area contributed by atoms with Crippen molar-refractivity contribution < 1.29 is 40.4 Å². The predicted octanol–water partition coefficient (Wildman–Crippen LogP) is 5.53. The Bertz CT molecular complexity index is 1170. The number of rotatable bonds is 3. The van der Waals surface area contributed by atoms with Crippen LogP contribution in [0, 0.1) is 10.1 Å². The number of nitrogens with zero attached hydrogens (tertiary/aromatic N) is 1. The Kier molecular flexibility index (Phi) is 4.73. The smallest absolute Gasteiger partial charge is 0.420 e. The zero-order valence-corrected chi connectivity index (χ0v) is 13.8. The molecule has 0 saturated heterocycles. The van der Waals surface area contributed by atoms with Gasteiger partial charge < -0.3 is 9.15 Å². The third-order valence-corrected chi connectivity index (χ3v) is 3.73. The second kappa shape index (κ2) is 6.79. The minimum absolute atomic E-state index is 0.251. The van der Waals surface area contributed by atoms with Crippen LogP contribution in [0.4, 0.5) is 32.0 Å². The van der Waals surface area contributed by atoms with E-state index < -0.39 is 56.4 Å². The number of halogens is 6. The number of nitro groups is 1. The average Bonchev–Trinajstić information content (AvgIpc) is 2.59. The van der Waals surface area contributed by atoms with E-state index in [1.165, 1.54) is 0 Å². The summed E-state index contributed by atoms with van der Waals surface area (Å²) in [6, 6.07) is 4.61. The molecule has 29 heavy (non-hydrogen) atoms. The van der Waals surface area contributed by atoms with Crippen molar-refractivity contribution >= 4 is 16.7 Å². The Morgan fingerprint density at radius 1 is 0.897 bits per heavy atom. The first-order valence-corrected chi connectivity index (χ1v) is 7.55. The molecule has 152 valence electrons. The molecule has 0 atom stereocenters. The van der Waals surface area contributed by atoms with Gasteiger partial charge in [0, 0.05) is 29.7 Å². The number of nitro benzene ring substituents is 1. The van der Waals surface area contributed by atoms with Crippen molar-refractivity contribution in [2.45, 2.75) is 12.4 Å². The second-order valence-electron chi connectivity index (χ2n) is 5.67. The van der Waals surface area contributed by atoms with E-state index in [-0.39, 0.29) is 17.9 Å². The highest BCUT2D eigenvalue weighted by molar-refractivity contribution is 5.82. The van der Waals surface area contributed by atoms with Crippen LogP contribution in [-0.2, 0) is 12.4 Å². The van der Waals surface area contributed by atoms with Crippen molar-refractivity contribution in [3.05, 3.63) is 74.1 Å². The monoisotopic (exact) mass is 419 g/mol. The Hall–Kier alpha value is -3.57. The molecule has 0 amide bonds. The van der Waals surface area contributed by atoms with Gasteiger partial charge in [0.25, 0.3) is 5.69 Å². The van der Waals surface area contributed by atoms with Crippen LogP contribution in [0.1, 0.15) is 11.1 Å². The van der Waals surface area contributed by atoms with Gasteiger partial charge in [0.2, 0.25) is 0 Å². The Morgan fingerprint density at radius 3 is 2.14 bits per heavy atom. The molecule has 1 heterocycles. The maximum atomic E-state index is 13.2. The fourth-order valence-corrected chi connectivity index (χ4v) is 2.51. The third kappa shape index (κ3) is 4.15. The highest BCUT2D eigenvalue weighted by Gasteiger charge is 2.37. The minimum Gasteiger partial charge on any atom is -0.457 e. The van der Waals surface area contributed by atoms with E-state index in [0.717, 1.165) is 24.3 Å². The van der Waals surface area contributed by atoms with Gasteiger partial charge in [-0.15, -0.1) is 0 Å². The first-order valence-electron chi connectivity index (χ1n) is 7.55. The normalized spacial score (nSPS) is 12.2. The molecule has 0 saturated carbocycles. The quantitative estimate of drug-likeness (QED) is 0.241. The minimum atomic E-state index is -5.01. The lowest BCUT2D eigenvalue weighted by molar-refractivity contribution is -0.385. The highest BCUT2D eigenvalue weighted by atomic mass is 19.4. The lowest BCUT2D eigenvalue weighted by Gasteiger charge is -2.14. The number of ether oxygens (including phenoxy) is 1. The Morgan fingerprint density at radius 2 is 1.55 bits per heavy atom. The van der Waals surface area contributed by atoms with Crippen molar-refractivity contribution in [1.82, 2.24) is 0 Å². The maximum absolute atomic E-state index is 13.2. The summed E-state index contributed by atoms with van der Waals surface area (Å²) in [6.45, 7) is 0. The van der Waals surface area contributed by atoms with E-state index in [2.05, 4.69) is 4.42 Å². The van der Waals surface area contributed by atoms with E-state index >= 15 is 0 Å². The molecule has 1 aromatic heterocycles. The Balaban J connectivity index is 2.10. The zero-order chi connectivity index (χ0) is 21.6. The van der Waals surface area contributed by atoms with Crippen LogP contribution >= 0.6 is 0 Å². The summed E-state index contributed by atoms with van der Waals surface area (Å²) in [5.41, 5.74) is -5.44. The van der Waals surface area contributed by atoms with E-state index in [4.69, 9.17) is 4.74 Å². The van der Waals surface area contributed by atoms with Gasteiger partial charge in [-0.3, -0.25) is 10.1 Å². The Labute approximate surface area is 156 Å². The summed E-state index contributed by atoms with van der Waals surface area (Å²) in [4.78, 5) is 21.1. The van der Waals surface area contributed by atoms with Gasteiger partial charge in [-0.2, -0.15) is 26.3 Å². The number of benzene rings is 2. The molecule has 0 bridgehead atoms. The summed E-state index contributed by atoms with van der Waals surface area (Å²) in [7, 11) is 0. The molecule has 0 unspecified atom stereocenters. The van der Waals surface area contributed by atoms with E-state index in [9.17, 15) is 41.3 Å². The molecule has 3 aromatic rings. The molecule has 2 aromatic carbocycles. The number of fused-ring (bicyclic) bond motifs is 1. The topological polar surface area (TPSA) is 82.6 Å². The predicted molar refractivity (Wildman–Crippen MR) is 85.7 cm³/mol. The molecule has 0 aliphatic carbocycles. The van der Waals surface area contributed by atoms with E-state index in [1.54, 1.807) is 0 Å². The van der Waals surface area contributed by atoms with Crippen molar-refractivity contribution in [2.75, 3.05) is 0 Å². The highest BCUT2D eigenvalue weighted by Crippen LogP contribution is 2.41. The SMILES string of the molecule is O=c1cc(C(F)(F)F)c2ccc(Oc3ccc([N+](=O)[O-])cc3C(F)(F)F)cc2o1. The molecule has 0 N–H and O–H groups in total. The van der Waals surface area contributed by atoms with E-state index in [0.29, 0.717) is 6.07 Å². The first-order chi connectivity index (χ1) is 13.4. The lowest BCUT2D eigenvalue weighted by Crippen LogP contribution is -2.11. The largest absolute Gasteiger partial charge is 0.457 e. The van der Waals surface area contributed by atoms with Crippen LogP contribution in [0.25, 0.3) is 11.0 Å². The van der Waals surface area contributed by atoms with Crippen LogP contribution < -0.4 is 10.4 Å². The van der Waals surface area contributed by atoms with Crippen LogP contribution in [0.5, 0.6) is 11.5 Å². The molecule has 0 spiro atoms. The second-order valence-corrected chi connectivity index (χ2v) is 5.67. The van der Waals surface area contributed by atoms with Gasteiger partial charge in [0.05, 0.1) is 10.5 Å². The summed E-state index contributed by atoms with van der Waals surface area (Å²) in [6.07, 6.45) is -9.87. The van der Waals surface area contributed by atoms with Crippen molar-refractivity contribution in [2.24, 2.45) is 0 Å². The fraction of sp³-hybridized carbons (Fsp3) is 0.118. The van der Waals surface area contributed by atoms with Crippen molar-refractivity contribution in [3.63, 3.8) is 0 Å². The number of hydrogen-bond donors (Lipinski definition) is 0. The average molecular weight is 419 g/mol. The van der Waals surface area contributed by atoms with Crippen molar-refractivity contribution in [3.8, 4) is 11.5 Å². The summed E-state index contributed by atoms with van der Waals surface area (Å²) < 4.78 is 88.4. The van der Waals surface area contributed by atoms with Crippen LogP contribution in [0.15, 0.2) is 51.7 Å². The molecular formula is C17H7F6NO5. The molecule has 0 aliphatic heterocycles. The van der Waals surface area contributed by atoms with Crippen LogP contribution in [-0.4, -0.2) is 4.92 Å². The van der Waals surface area contributed by atoms with Gasteiger partial charge in [0.1, 0.15) is 22.6 Å². The molecule has 6 nitrogen and oxygen atoms in total. The zero-order valence-electron chi connectivity index (χ0n) is 13.8. The molecular weight excluding hydrogens is 412 g/mol. The standard InChI is InChI=1S/C17H7F6NO5/c18-16(19,20)11-7-15(25)29-14-6-9(2-3-10(11)14)28-13-4-1-8(24(26)27)5-12(13)17(21,22)23/h1-7H. The van der Waals surface area contributed by atoms with Crippen molar-refractivity contribution in [1.29, 1.82) is 0 Å². The molecule has 0 radical (unpaired) electrons. The van der Waals surface area contributed by atoms with Crippen LogP contribution in [0.2, 0.25) is 0 Å². The molecule has 0 fully saturated rings. The summed E-state index contributed by atoms with van der Waals surface area (Å²) >= 11 is 0. The lowest BCUT2D eigenvalue weighted by atomic mass is 10.1. The van der Waals surface area contributed by atoms with Gasteiger partial charge in [-0.25, -0.2) is 4.79 Å². The molecule has 12 heteroatoms. The van der Waals surface area contributed by atoms with Gasteiger partial charge in [-0.1, -0.05) is 0 Å². The van der Waals surface area contributed by atoms with E-state index in [1.807, 2.05) is 0 Å². The van der Waals surface area contributed by atoms with Gasteiger partial charge in [-0.05, 0) is 18.2 Å². The number of alkyl halides is 6. The molecule has 0 aliphatic rings. The number of hydrogen-bond acceptors (Lipinski definition) is 5. The fourth-order valence-electron chi connectivity index (χ4n) is 2.51. The number of non-ortho nitro benzene ring substituents is 1. The maximum Gasteiger partial charge on any atom is 0.420 e. The summed E-state index contributed by atoms with van der Waals surface area (Å²) in [5.74, 6) is -1.20. The first kappa shape index (κ1) is 20.2. The molecule has 3 rings (SSSR count).